The van der Waals surface area contributed by atoms with Crippen LogP contribution in [0.3, 0.4) is 0 Å². The van der Waals surface area contributed by atoms with Crippen molar-refractivity contribution in [2.45, 2.75) is 46.6 Å². The lowest BCUT2D eigenvalue weighted by Gasteiger charge is -2.38. The number of carbonyl (C=O) groups is 1. The molecule has 0 fully saturated rings. The molecule has 1 aromatic rings. The third kappa shape index (κ3) is 3.76. The van der Waals surface area contributed by atoms with Crippen molar-refractivity contribution >= 4 is 5.97 Å². The molecule has 0 aliphatic rings. The number of esters is 1. The van der Waals surface area contributed by atoms with Gasteiger partial charge in [0.1, 0.15) is 11.4 Å². The van der Waals surface area contributed by atoms with E-state index in [1.165, 1.54) is 0 Å². The first-order chi connectivity index (χ1) is 9.77. The second-order valence-electron chi connectivity index (χ2n) is 5.79. The van der Waals surface area contributed by atoms with Gasteiger partial charge in [-0.2, -0.15) is 0 Å². The molecule has 0 aromatic heterocycles. The summed E-state index contributed by atoms with van der Waals surface area (Å²) in [6.07, 6.45) is 0.940. The predicted molar refractivity (Wildman–Crippen MR) is 82.2 cm³/mol. The second-order valence-corrected chi connectivity index (χ2v) is 5.79. The van der Waals surface area contributed by atoms with Crippen LogP contribution in [-0.2, 0) is 15.1 Å². The molecule has 0 spiro atoms. The fourth-order valence-corrected chi connectivity index (χ4v) is 1.97. The molecule has 4 nitrogen and oxygen atoms in total. The van der Waals surface area contributed by atoms with Crippen LogP contribution in [0.5, 0.6) is 5.75 Å². The number of hydrogen-bond acceptors (Lipinski definition) is 4. The summed E-state index contributed by atoms with van der Waals surface area (Å²) in [5, 5.41) is 10.8. The number of aliphatic hydroxyl groups is 1. The minimum atomic E-state index is -1.33. The lowest BCUT2D eigenvalue weighted by atomic mass is 9.72. The quantitative estimate of drug-likeness (QED) is 0.784. The first kappa shape index (κ1) is 17.5. The van der Waals surface area contributed by atoms with E-state index in [-0.39, 0.29) is 0 Å². The van der Waals surface area contributed by atoms with Crippen molar-refractivity contribution in [1.29, 1.82) is 0 Å². The Labute approximate surface area is 127 Å². The van der Waals surface area contributed by atoms with Gasteiger partial charge in [0.05, 0.1) is 18.6 Å². The molecule has 0 saturated heterocycles. The van der Waals surface area contributed by atoms with Gasteiger partial charge in [0.25, 0.3) is 0 Å². The smallest absolute Gasteiger partial charge is 0.314 e. The van der Waals surface area contributed by atoms with Crippen LogP contribution in [0.1, 0.15) is 46.6 Å². The van der Waals surface area contributed by atoms with E-state index < -0.39 is 17.0 Å². The second kappa shape index (κ2) is 6.94. The monoisotopic (exact) mass is 294 g/mol. The molecule has 4 heteroatoms. The van der Waals surface area contributed by atoms with Gasteiger partial charge in [-0.25, -0.2) is 0 Å². The lowest BCUT2D eigenvalue weighted by molar-refractivity contribution is -0.170. The topological polar surface area (TPSA) is 55.8 Å². The molecule has 1 unspecified atom stereocenters. The summed E-state index contributed by atoms with van der Waals surface area (Å²) in [5.74, 6) is 0.339. The molecule has 1 N–H and O–H groups in total. The van der Waals surface area contributed by atoms with E-state index in [4.69, 9.17) is 9.47 Å². The van der Waals surface area contributed by atoms with Crippen LogP contribution in [0.25, 0.3) is 0 Å². The number of hydrogen-bond donors (Lipinski definition) is 1. The molecule has 1 atom stereocenters. The maximum atomic E-state index is 12.1. The number of rotatable bonds is 7. The average molecular weight is 294 g/mol. The Kier molecular flexibility index (Phi) is 5.78. The first-order valence-corrected chi connectivity index (χ1v) is 7.40. The normalized spacial score (nSPS) is 14.4. The molecule has 0 aliphatic heterocycles. The summed E-state index contributed by atoms with van der Waals surface area (Å²) in [5.41, 5.74) is -1.72. The maximum absolute atomic E-state index is 12.1. The van der Waals surface area contributed by atoms with E-state index in [0.717, 1.165) is 12.2 Å². The summed E-state index contributed by atoms with van der Waals surface area (Å²) < 4.78 is 10.6. The summed E-state index contributed by atoms with van der Waals surface area (Å²) >= 11 is 0. The van der Waals surface area contributed by atoms with Crippen molar-refractivity contribution in [2.75, 3.05) is 13.2 Å². The van der Waals surface area contributed by atoms with Crippen LogP contribution in [0.4, 0.5) is 0 Å². The van der Waals surface area contributed by atoms with Crippen molar-refractivity contribution in [1.82, 2.24) is 0 Å². The van der Waals surface area contributed by atoms with E-state index in [0.29, 0.717) is 18.8 Å². The summed E-state index contributed by atoms with van der Waals surface area (Å²) in [6, 6.07) is 7.18. The fraction of sp³-hybridized carbons (Fsp3) is 0.588. The molecular formula is C17H26O4. The van der Waals surface area contributed by atoms with Crippen LogP contribution >= 0.6 is 0 Å². The van der Waals surface area contributed by atoms with Crippen LogP contribution < -0.4 is 4.74 Å². The molecule has 0 saturated carbocycles. The molecule has 0 heterocycles. The highest BCUT2D eigenvalue weighted by Crippen LogP contribution is 2.40. The third-order valence-electron chi connectivity index (χ3n) is 3.89. The maximum Gasteiger partial charge on any atom is 0.314 e. The predicted octanol–water partition coefficient (Wildman–Crippen LogP) is 3.27. The Bertz CT molecular complexity index is 460. The molecule has 0 radical (unpaired) electrons. The summed E-state index contributed by atoms with van der Waals surface area (Å²) in [6.45, 7) is 9.75. The zero-order valence-corrected chi connectivity index (χ0v) is 13.6. The Hall–Kier alpha value is -1.55. The van der Waals surface area contributed by atoms with Crippen molar-refractivity contribution in [3.05, 3.63) is 29.8 Å². The van der Waals surface area contributed by atoms with E-state index in [9.17, 15) is 9.90 Å². The number of ether oxygens (including phenoxy) is 2. The third-order valence-corrected chi connectivity index (χ3v) is 3.89. The zero-order valence-electron chi connectivity index (χ0n) is 13.6. The fourth-order valence-electron chi connectivity index (χ4n) is 1.97. The molecular weight excluding hydrogens is 268 g/mol. The van der Waals surface area contributed by atoms with Crippen molar-refractivity contribution < 1.29 is 19.4 Å². The van der Waals surface area contributed by atoms with E-state index in [1.807, 2.05) is 6.92 Å². The van der Waals surface area contributed by atoms with Gasteiger partial charge in [-0.05, 0) is 51.8 Å². The number of carbonyl (C=O) groups excluding carboxylic acids is 1. The van der Waals surface area contributed by atoms with Gasteiger partial charge in [0.2, 0.25) is 0 Å². The Balaban J connectivity index is 2.98. The number of benzene rings is 1. The minimum Gasteiger partial charge on any atom is -0.494 e. The van der Waals surface area contributed by atoms with Crippen molar-refractivity contribution in [2.24, 2.45) is 5.41 Å². The van der Waals surface area contributed by atoms with E-state index in [1.54, 1.807) is 52.0 Å². The van der Waals surface area contributed by atoms with Gasteiger partial charge in [-0.15, -0.1) is 0 Å². The molecule has 0 bridgehead atoms. The largest absolute Gasteiger partial charge is 0.494 e. The van der Waals surface area contributed by atoms with Gasteiger partial charge in [-0.3, -0.25) is 4.79 Å². The Morgan fingerprint density at radius 1 is 1.14 bits per heavy atom. The van der Waals surface area contributed by atoms with Crippen LogP contribution in [0.15, 0.2) is 24.3 Å². The summed E-state index contributed by atoms with van der Waals surface area (Å²) in [4.78, 5) is 12.1. The molecule has 0 aliphatic carbocycles. The molecule has 0 amide bonds. The first-order valence-electron chi connectivity index (χ1n) is 7.40. The minimum absolute atomic E-state index is 0.294. The molecule has 118 valence electrons. The van der Waals surface area contributed by atoms with Gasteiger partial charge in [-0.1, -0.05) is 19.1 Å². The van der Waals surface area contributed by atoms with Gasteiger partial charge in [0, 0.05) is 0 Å². The Morgan fingerprint density at radius 3 is 2.19 bits per heavy atom. The van der Waals surface area contributed by atoms with Crippen LogP contribution in [-0.4, -0.2) is 24.3 Å². The highest BCUT2D eigenvalue weighted by atomic mass is 16.5. The highest BCUT2D eigenvalue weighted by molar-refractivity contribution is 5.77. The van der Waals surface area contributed by atoms with Crippen molar-refractivity contribution in [3.8, 4) is 5.75 Å². The van der Waals surface area contributed by atoms with Crippen LogP contribution in [0, 0.1) is 5.41 Å². The van der Waals surface area contributed by atoms with Gasteiger partial charge < -0.3 is 14.6 Å². The van der Waals surface area contributed by atoms with E-state index in [2.05, 4.69) is 0 Å². The zero-order chi connectivity index (χ0) is 16.1. The van der Waals surface area contributed by atoms with Gasteiger partial charge >= 0.3 is 5.97 Å². The molecule has 21 heavy (non-hydrogen) atoms. The van der Waals surface area contributed by atoms with E-state index >= 15 is 0 Å². The van der Waals surface area contributed by atoms with Crippen LogP contribution in [0.2, 0.25) is 0 Å². The lowest BCUT2D eigenvalue weighted by Crippen LogP contribution is -2.46. The van der Waals surface area contributed by atoms with Gasteiger partial charge in [0.15, 0.2) is 0 Å². The highest BCUT2D eigenvalue weighted by Gasteiger charge is 2.47. The SMILES string of the molecule is CCCOc1ccc(C(C)(O)C(C)(C)C(=O)OCC)cc1. The Morgan fingerprint density at radius 2 is 1.71 bits per heavy atom. The molecule has 1 aromatic carbocycles. The average Bonchev–Trinajstić information content (AvgIpc) is 2.45. The standard InChI is InChI=1S/C17H26O4/c1-6-12-21-14-10-8-13(9-11-14)17(5,19)16(3,4)15(18)20-7-2/h8-11,19H,6-7,12H2,1-5H3. The molecule has 1 rings (SSSR count). The summed E-state index contributed by atoms with van der Waals surface area (Å²) in [7, 11) is 0. The van der Waals surface area contributed by atoms with Crippen molar-refractivity contribution in [3.63, 3.8) is 0 Å².